The van der Waals surface area contributed by atoms with Gasteiger partial charge in [-0.3, -0.25) is 4.79 Å². The van der Waals surface area contributed by atoms with E-state index in [1.54, 1.807) is 0 Å². The minimum atomic E-state index is 0. The quantitative estimate of drug-likeness (QED) is 0.849. The minimum absolute atomic E-state index is 0. The van der Waals surface area contributed by atoms with Crippen LogP contribution in [0.25, 0.3) is 0 Å². The number of carbonyl (C=O) groups is 1. The van der Waals surface area contributed by atoms with Gasteiger partial charge in [-0.05, 0) is 38.6 Å². The lowest BCUT2D eigenvalue weighted by atomic mass is 9.90. The van der Waals surface area contributed by atoms with Crippen molar-refractivity contribution in [1.29, 1.82) is 0 Å². The number of amides is 1. The van der Waals surface area contributed by atoms with Crippen molar-refractivity contribution in [2.75, 3.05) is 13.1 Å². The highest BCUT2D eigenvalue weighted by molar-refractivity contribution is 5.85. The van der Waals surface area contributed by atoms with E-state index in [2.05, 4.69) is 11.8 Å². The predicted octanol–water partition coefficient (Wildman–Crippen LogP) is 2.96. The number of nitrogens with two attached hydrogens (primary N) is 1. The Morgan fingerprint density at radius 2 is 1.74 bits per heavy atom. The summed E-state index contributed by atoms with van der Waals surface area (Å²) in [6.07, 6.45) is 9.75. The number of likely N-dealkylation sites (tertiary alicyclic amines) is 1. The van der Waals surface area contributed by atoms with E-state index in [4.69, 9.17) is 5.73 Å². The SMILES string of the molecule is CC1CC(CN)CN1C(=O)C1CCCCCCC1.Cl. The van der Waals surface area contributed by atoms with Gasteiger partial charge in [0.1, 0.15) is 0 Å². The molecule has 1 saturated carbocycles. The molecule has 0 aromatic carbocycles. The number of rotatable bonds is 2. The van der Waals surface area contributed by atoms with Crippen LogP contribution in [0.5, 0.6) is 0 Å². The van der Waals surface area contributed by atoms with Gasteiger partial charge < -0.3 is 10.6 Å². The second-order valence-corrected chi connectivity index (χ2v) is 6.22. The van der Waals surface area contributed by atoms with E-state index in [0.717, 1.165) is 32.4 Å². The molecule has 2 fully saturated rings. The smallest absolute Gasteiger partial charge is 0.225 e. The van der Waals surface area contributed by atoms with Crippen LogP contribution in [-0.2, 0) is 4.79 Å². The Morgan fingerprint density at radius 3 is 2.26 bits per heavy atom. The highest BCUT2D eigenvalue weighted by Gasteiger charge is 2.34. The maximum Gasteiger partial charge on any atom is 0.225 e. The maximum atomic E-state index is 12.6. The number of halogens is 1. The predicted molar refractivity (Wildman–Crippen MR) is 81.4 cm³/mol. The molecule has 1 aliphatic carbocycles. The number of hydrogen-bond acceptors (Lipinski definition) is 2. The van der Waals surface area contributed by atoms with Crippen molar-refractivity contribution in [3.63, 3.8) is 0 Å². The average Bonchev–Trinajstić information content (AvgIpc) is 2.69. The van der Waals surface area contributed by atoms with E-state index in [9.17, 15) is 4.79 Å². The lowest BCUT2D eigenvalue weighted by molar-refractivity contribution is -0.136. The van der Waals surface area contributed by atoms with Crippen LogP contribution in [0.1, 0.15) is 58.3 Å². The molecule has 0 radical (unpaired) electrons. The summed E-state index contributed by atoms with van der Waals surface area (Å²) in [7, 11) is 0. The van der Waals surface area contributed by atoms with Gasteiger partial charge in [-0.15, -0.1) is 12.4 Å². The number of hydrogen-bond donors (Lipinski definition) is 1. The van der Waals surface area contributed by atoms with E-state index >= 15 is 0 Å². The summed E-state index contributed by atoms with van der Waals surface area (Å²) < 4.78 is 0. The Morgan fingerprint density at radius 1 is 1.16 bits per heavy atom. The summed E-state index contributed by atoms with van der Waals surface area (Å²) in [5.41, 5.74) is 5.74. The van der Waals surface area contributed by atoms with E-state index in [0.29, 0.717) is 23.8 Å². The zero-order valence-corrected chi connectivity index (χ0v) is 13.0. The van der Waals surface area contributed by atoms with E-state index < -0.39 is 0 Å². The van der Waals surface area contributed by atoms with Crippen LogP contribution in [0, 0.1) is 11.8 Å². The molecule has 1 saturated heterocycles. The third kappa shape index (κ3) is 4.35. The van der Waals surface area contributed by atoms with Crippen LogP contribution >= 0.6 is 12.4 Å². The Labute approximate surface area is 123 Å². The van der Waals surface area contributed by atoms with Crippen molar-refractivity contribution in [2.45, 2.75) is 64.3 Å². The maximum absolute atomic E-state index is 12.6. The van der Waals surface area contributed by atoms with Gasteiger partial charge in [0.15, 0.2) is 0 Å². The molecule has 112 valence electrons. The molecule has 19 heavy (non-hydrogen) atoms. The highest BCUT2D eigenvalue weighted by atomic mass is 35.5. The molecule has 2 N–H and O–H groups in total. The minimum Gasteiger partial charge on any atom is -0.339 e. The molecule has 2 rings (SSSR count). The monoisotopic (exact) mass is 288 g/mol. The molecule has 1 heterocycles. The summed E-state index contributed by atoms with van der Waals surface area (Å²) in [6.45, 7) is 3.79. The van der Waals surface area contributed by atoms with Crippen LogP contribution in [0.4, 0.5) is 0 Å². The lowest BCUT2D eigenvalue weighted by Gasteiger charge is -2.28. The second kappa shape index (κ2) is 8.11. The molecule has 2 unspecified atom stereocenters. The van der Waals surface area contributed by atoms with Gasteiger partial charge in [0.25, 0.3) is 0 Å². The second-order valence-electron chi connectivity index (χ2n) is 6.22. The first-order chi connectivity index (χ1) is 8.72. The van der Waals surface area contributed by atoms with Crippen molar-refractivity contribution < 1.29 is 4.79 Å². The third-order valence-corrected chi connectivity index (χ3v) is 4.73. The van der Waals surface area contributed by atoms with Gasteiger partial charge in [-0.25, -0.2) is 0 Å². The largest absolute Gasteiger partial charge is 0.339 e. The zero-order chi connectivity index (χ0) is 13.0. The van der Waals surface area contributed by atoms with Crippen LogP contribution in [0.3, 0.4) is 0 Å². The molecule has 2 atom stereocenters. The number of nitrogens with zero attached hydrogens (tertiary/aromatic N) is 1. The third-order valence-electron chi connectivity index (χ3n) is 4.73. The van der Waals surface area contributed by atoms with Gasteiger partial charge in [0.05, 0.1) is 0 Å². The molecule has 0 bridgehead atoms. The topological polar surface area (TPSA) is 46.3 Å². The Kier molecular flexibility index (Phi) is 7.16. The van der Waals surface area contributed by atoms with Crippen molar-refractivity contribution in [3.05, 3.63) is 0 Å². The standard InChI is InChI=1S/C15H28N2O.ClH/c1-12-9-13(10-16)11-17(12)15(18)14-7-5-3-2-4-6-8-14;/h12-14H,2-11,16H2,1H3;1H. The first-order valence-electron chi connectivity index (χ1n) is 7.73. The van der Waals surface area contributed by atoms with Crippen molar-refractivity contribution in [2.24, 2.45) is 17.6 Å². The molecule has 4 heteroatoms. The van der Waals surface area contributed by atoms with Crippen LogP contribution < -0.4 is 5.73 Å². The lowest BCUT2D eigenvalue weighted by Crippen LogP contribution is -2.39. The van der Waals surface area contributed by atoms with Crippen LogP contribution in [-0.4, -0.2) is 29.9 Å². The highest BCUT2D eigenvalue weighted by Crippen LogP contribution is 2.29. The fourth-order valence-corrected chi connectivity index (χ4v) is 3.56. The average molecular weight is 289 g/mol. The van der Waals surface area contributed by atoms with Crippen LogP contribution in [0.2, 0.25) is 0 Å². The van der Waals surface area contributed by atoms with Gasteiger partial charge >= 0.3 is 0 Å². The van der Waals surface area contributed by atoms with E-state index in [-0.39, 0.29) is 12.4 Å². The van der Waals surface area contributed by atoms with Crippen molar-refractivity contribution in [1.82, 2.24) is 4.90 Å². The Bertz CT molecular complexity index is 277. The summed E-state index contributed by atoms with van der Waals surface area (Å²) in [5, 5.41) is 0. The van der Waals surface area contributed by atoms with Crippen LogP contribution in [0.15, 0.2) is 0 Å². The summed E-state index contributed by atoms with van der Waals surface area (Å²) in [4.78, 5) is 14.7. The van der Waals surface area contributed by atoms with E-state index in [1.807, 2.05) is 0 Å². The van der Waals surface area contributed by atoms with Crippen molar-refractivity contribution >= 4 is 18.3 Å². The molecule has 3 nitrogen and oxygen atoms in total. The molecular weight excluding hydrogens is 260 g/mol. The molecule has 0 aromatic rings. The van der Waals surface area contributed by atoms with Gasteiger partial charge in [0.2, 0.25) is 5.91 Å². The normalized spacial score (nSPS) is 29.5. The van der Waals surface area contributed by atoms with E-state index in [1.165, 1.54) is 32.1 Å². The van der Waals surface area contributed by atoms with Gasteiger partial charge in [-0.2, -0.15) is 0 Å². The zero-order valence-electron chi connectivity index (χ0n) is 12.1. The molecule has 2 aliphatic rings. The summed E-state index contributed by atoms with van der Waals surface area (Å²) in [6, 6.07) is 0.400. The Balaban J connectivity index is 0.00000180. The Hall–Kier alpha value is -0.280. The number of carbonyl (C=O) groups excluding carboxylic acids is 1. The fraction of sp³-hybridized carbons (Fsp3) is 0.933. The van der Waals surface area contributed by atoms with Crippen molar-refractivity contribution in [3.8, 4) is 0 Å². The van der Waals surface area contributed by atoms with Gasteiger partial charge in [-0.1, -0.05) is 32.1 Å². The van der Waals surface area contributed by atoms with Gasteiger partial charge in [0, 0.05) is 18.5 Å². The molecule has 1 amide bonds. The first kappa shape index (κ1) is 16.8. The first-order valence-corrected chi connectivity index (χ1v) is 7.73. The molecule has 1 aliphatic heterocycles. The fourth-order valence-electron chi connectivity index (χ4n) is 3.56. The molecular formula is C15H29ClN2O. The summed E-state index contributed by atoms with van der Waals surface area (Å²) in [5.74, 6) is 1.24. The summed E-state index contributed by atoms with van der Waals surface area (Å²) >= 11 is 0. The molecule has 0 spiro atoms. The molecule has 0 aromatic heterocycles.